The molecule has 16 heavy (non-hydrogen) atoms. The molecular weight excluding hydrogens is 211 g/mol. The molecule has 5 heteroatoms. The van der Waals surface area contributed by atoms with Gasteiger partial charge in [0.2, 0.25) is 0 Å². The van der Waals surface area contributed by atoms with Gasteiger partial charge < -0.3 is 0 Å². The molecule has 0 spiro atoms. The number of fused-ring (bicyclic) bond motifs is 1. The van der Waals surface area contributed by atoms with E-state index in [0.29, 0.717) is 0 Å². The highest BCUT2D eigenvalue weighted by atomic mass is 19.1. The predicted octanol–water partition coefficient (Wildman–Crippen LogP) is 1.12. The standard InChI is InChI=1S/C11H9FN2O2/c1-7(15)5-14-6-13-10-8(11(14)16)3-2-4-9(10)12/h2-4,6H,5H2,1H3. The summed E-state index contributed by atoms with van der Waals surface area (Å²) < 4.78 is 14.5. The first kappa shape index (κ1) is 10.5. The van der Waals surface area contributed by atoms with E-state index in [4.69, 9.17) is 0 Å². The topological polar surface area (TPSA) is 52.0 Å². The Kier molecular flexibility index (Phi) is 2.52. The molecule has 1 aromatic heterocycles. The number of benzene rings is 1. The predicted molar refractivity (Wildman–Crippen MR) is 56.6 cm³/mol. The molecule has 0 amide bonds. The van der Waals surface area contributed by atoms with Crippen LogP contribution in [0.25, 0.3) is 10.9 Å². The van der Waals surface area contributed by atoms with Crippen LogP contribution in [-0.2, 0) is 11.3 Å². The van der Waals surface area contributed by atoms with E-state index >= 15 is 0 Å². The number of hydrogen-bond acceptors (Lipinski definition) is 3. The molecule has 1 aromatic carbocycles. The highest BCUT2D eigenvalue weighted by Gasteiger charge is 2.08. The SMILES string of the molecule is CC(=O)Cn1cnc2c(F)cccc2c1=O. The highest BCUT2D eigenvalue weighted by molar-refractivity contribution is 5.79. The summed E-state index contributed by atoms with van der Waals surface area (Å²) in [5, 5.41) is 0.184. The van der Waals surface area contributed by atoms with E-state index in [2.05, 4.69) is 4.98 Å². The third-order valence-electron chi connectivity index (χ3n) is 2.20. The first-order valence-corrected chi connectivity index (χ1v) is 4.72. The van der Waals surface area contributed by atoms with Gasteiger partial charge in [0.05, 0.1) is 18.3 Å². The molecule has 0 saturated heterocycles. The fourth-order valence-corrected chi connectivity index (χ4v) is 1.51. The summed E-state index contributed by atoms with van der Waals surface area (Å²) in [6.45, 7) is 1.33. The lowest BCUT2D eigenvalue weighted by Crippen LogP contribution is -2.23. The molecule has 0 N–H and O–H groups in total. The van der Waals surface area contributed by atoms with Crippen molar-refractivity contribution in [2.45, 2.75) is 13.5 Å². The fraction of sp³-hybridized carbons (Fsp3) is 0.182. The van der Waals surface area contributed by atoms with Crippen LogP contribution in [-0.4, -0.2) is 15.3 Å². The highest BCUT2D eigenvalue weighted by Crippen LogP contribution is 2.10. The van der Waals surface area contributed by atoms with Gasteiger partial charge in [-0.25, -0.2) is 9.37 Å². The van der Waals surface area contributed by atoms with Crippen LogP contribution in [0.4, 0.5) is 4.39 Å². The molecule has 0 unspecified atom stereocenters. The quantitative estimate of drug-likeness (QED) is 0.762. The van der Waals surface area contributed by atoms with E-state index in [1.54, 1.807) is 0 Å². The van der Waals surface area contributed by atoms with Crippen molar-refractivity contribution in [1.82, 2.24) is 9.55 Å². The molecule has 82 valence electrons. The summed E-state index contributed by atoms with van der Waals surface area (Å²) >= 11 is 0. The average Bonchev–Trinajstić information content (AvgIpc) is 2.23. The van der Waals surface area contributed by atoms with Crippen molar-refractivity contribution in [2.75, 3.05) is 0 Å². The van der Waals surface area contributed by atoms with Crippen LogP contribution in [0.3, 0.4) is 0 Å². The van der Waals surface area contributed by atoms with E-state index in [0.717, 1.165) is 0 Å². The fourth-order valence-electron chi connectivity index (χ4n) is 1.51. The normalized spacial score (nSPS) is 10.6. The Bertz CT molecular complexity index is 619. The third-order valence-corrected chi connectivity index (χ3v) is 2.20. The van der Waals surface area contributed by atoms with Crippen LogP contribution in [0.15, 0.2) is 29.3 Å². The number of aromatic nitrogens is 2. The van der Waals surface area contributed by atoms with Gasteiger partial charge in [-0.15, -0.1) is 0 Å². The van der Waals surface area contributed by atoms with Crippen LogP contribution in [0.5, 0.6) is 0 Å². The Hall–Kier alpha value is -2.04. The van der Waals surface area contributed by atoms with Gasteiger partial charge >= 0.3 is 0 Å². The number of rotatable bonds is 2. The molecule has 1 heterocycles. The second kappa shape index (κ2) is 3.84. The number of hydrogen-bond donors (Lipinski definition) is 0. The maximum Gasteiger partial charge on any atom is 0.261 e. The Morgan fingerprint density at radius 3 is 2.94 bits per heavy atom. The molecule has 0 aliphatic rings. The molecule has 0 aliphatic carbocycles. The molecular formula is C11H9FN2O2. The second-order valence-electron chi connectivity index (χ2n) is 3.52. The maximum atomic E-state index is 13.3. The zero-order valence-corrected chi connectivity index (χ0v) is 8.61. The average molecular weight is 220 g/mol. The molecule has 2 rings (SSSR count). The van der Waals surface area contributed by atoms with Crippen molar-refractivity contribution in [3.05, 3.63) is 40.7 Å². The second-order valence-corrected chi connectivity index (χ2v) is 3.52. The summed E-state index contributed by atoms with van der Waals surface area (Å²) in [4.78, 5) is 26.6. The summed E-state index contributed by atoms with van der Waals surface area (Å²) in [6, 6.07) is 4.17. The minimum Gasteiger partial charge on any atom is -0.298 e. The van der Waals surface area contributed by atoms with Gasteiger partial charge in [0, 0.05) is 0 Å². The van der Waals surface area contributed by atoms with Crippen LogP contribution >= 0.6 is 0 Å². The number of nitrogens with zero attached hydrogens (tertiary/aromatic N) is 2. The number of halogens is 1. The lowest BCUT2D eigenvalue weighted by Gasteiger charge is -2.04. The van der Waals surface area contributed by atoms with Crippen molar-refractivity contribution in [1.29, 1.82) is 0 Å². The van der Waals surface area contributed by atoms with Gasteiger partial charge in [-0.1, -0.05) is 6.07 Å². The van der Waals surface area contributed by atoms with E-state index in [9.17, 15) is 14.0 Å². The summed E-state index contributed by atoms with van der Waals surface area (Å²) in [5.41, 5.74) is -0.369. The van der Waals surface area contributed by atoms with Gasteiger partial charge in [-0.05, 0) is 19.1 Å². The van der Waals surface area contributed by atoms with Crippen LogP contribution < -0.4 is 5.56 Å². The molecule has 0 saturated carbocycles. The van der Waals surface area contributed by atoms with Crippen molar-refractivity contribution in [2.24, 2.45) is 0 Å². The van der Waals surface area contributed by atoms with E-state index in [1.807, 2.05) is 0 Å². The third kappa shape index (κ3) is 1.71. The van der Waals surface area contributed by atoms with Crippen molar-refractivity contribution in [3.8, 4) is 0 Å². The van der Waals surface area contributed by atoms with E-state index in [-0.39, 0.29) is 23.2 Å². The number of carbonyl (C=O) groups is 1. The summed E-state index contributed by atoms with van der Waals surface area (Å²) in [7, 11) is 0. The van der Waals surface area contributed by atoms with E-state index < -0.39 is 11.4 Å². The van der Waals surface area contributed by atoms with Gasteiger partial charge in [0.25, 0.3) is 5.56 Å². The number of carbonyl (C=O) groups excluding carboxylic acids is 1. The maximum absolute atomic E-state index is 13.3. The minimum atomic E-state index is -0.537. The summed E-state index contributed by atoms with van der Waals surface area (Å²) in [6.07, 6.45) is 1.19. The van der Waals surface area contributed by atoms with Crippen molar-refractivity contribution >= 4 is 16.7 Å². The monoisotopic (exact) mass is 220 g/mol. The Labute approximate surface area is 90.3 Å². The molecule has 2 aromatic rings. The molecule has 4 nitrogen and oxygen atoms in total. The zero-order chi connectivity index (χ0) is 11.7. The first-order chi connectivity index (χ1) is 7.59. The first-order valence-electron chi connectivity index (χ1n) is 4.72. The van der Waals surface area contributed by atoms with Crippen LogP contribution in [0.2, 0.25) is 0 Å². The van der Waals surface area contributed by atoms with Crippen LogP contribution in [0.1, 0.15) is 6.92 Å². The molecule has 0 radical (unpaired) electrons. The molecule has 0 atom stereocenters. The van der Waals surface area contributed by atoms with Crippen molar-refractivity contribution < 1.29 is 9.18 Å². The van der Waals surface area contributed by atoms with Gasteiger partial charge in [0.1, 0.15) is 17.1 Å². The van der Waals surface area contributed by atoms with Crippen LogP contribution in [0, 0.1) is 5.82 Å². The van der Waals surface area contributed by atoms with Crippen molar-refractivity contribution in [3.63, 3.8) is 0 Å². The van der Waals surface area contributed by atoms with Gasteiger partial charge in [-0.2, -0.15) is 0 Å². The number of para-hydroxylation sites is 1. The lowest BCUT2D eigenvalue weighted by atomic mass is 10.2. The number of Topliss-reactive ketones (excluding diaryl/α,β-unsaturated/α-hetero) is 1. The molecule has 0 fully saturated rings. The van der Waals surface area contributed by atoms with Gasteiger partial charge in [-0.3, -0.25) is 14.2 Å². The Balaban J connectivity index is 2.71. The smallest absolute Gasteiger partial charge is 0.261 e. The zero-order valence-electron chi connectivity index (χ0n) is 8.61. The van der Waals surface area contributed by atoms with Gasteiger partial charge in [0.15, 0.2) is 0 Å². The lowest BCUT2D eigenvalue weighted by molar-refractivity contribution is -0.117. The summed E-state index contributed by atoms with van der Waals surface area (Å²) in [5.74, 6) is -0.691. The van der Waals surface area contributed by atoms with E-state index in [1.165, 1.54) is 36.0 Å². The number of ketones is 1. The largest absolute Gasteiger partial charge is 0.298 e. The Morgan fingerprint density at radius 2 is 2.25 bits per heavy atom. The minimum absolute atomic E-state index is 0.0345. The Morgan fingerprint density at radius 1 is 1.50 bits per heavy atom. The molecule has 0 aliphatic heterocycles. The molecule has 0 bridgehead atoms.